The van der Waals surface area contributed by atoms with Crippen LogP contribution in [0.3, 0.4) is 0 Å². The van der Waals surface area contributed by atoms with E-state index < -0.39 is 0 Å². The average molecular weight is 294 g/mol. The number of rotatable bonds is 5. The lowest BCUT2D eigenvalue weighted by atomic mass is 10.2. The highest BCUT2D eigenvalue weighted by atomic mass is 16.2. The second-order valence-electron chi connectivity index (χ2n) is 4.90. The first kappa shape index (κ1) is 15.5. The number of carbonyl (C=O) groups excluding carboxylic acids is 2. The van der Waals surface area contributed by atoms with Gasteiger partial charge in [0.1, 0.15) is 0 Å². The summed E-state index contributed by atoms with van der Waals surface area (Å²) in [7, 11) is 0. The fourth-order valence-corrected chi connectivity index (χ4v) is 1.90. The summed E-state index contributed by atoms with van der Waals surface area (Å²) < 4.78 is 0. The highest BCUT2D eigenvalue weighted by Gasteiger charge is 2.00. The van der Waals surface area contributed by atoms with Gasteiger partial charge < -0.3 is 10.6 Å². The van der Waals surface area contributed by atoms with Crippen LogP contribution in [-0.2, 0) is 16.1 Å². The number of carbonyl (C=O) groups is 2. The maximum atomic E-state index is 11.7. The van der Waals surface area contributed by atoms with E-state index >= 15 is 0 Å². The SMILES string of the molecule is Cc1cccc(NC(=O)/C=C\C(=O)NCc2ccccc2)c1. The average Bonchev–Trinajstić information content (AvgIpc) is 2.52. The van der Waals surface area contributed by atoms with Gasteiger partial charge in [0.25, 0.3) is 0 Å². The van der Waals surface area contributed by atoms with Crippen molar-refractivity contribution >= 4 is 17.5 Å². The van der Waals surface area contributed by atoms with E-state index in [1.807, 2.05) is 55.5 Å². The third-order valence-corrected chi connectivity index (χ3v) is 2.98. The van der Waals surface area contributed by atoms with Crippen LogP contribution in [-0.4, -0.2) is 11.8 Å². The van der Waals surface area contributed by atoms with Crippen molar-refractivity contribution < 1.29 is 9.59 Å². The molecule has 2 amide bonds. The molecule has 0 unspecified atom stereocenters. The van der Waals surface area contributed by atoms with Crippen LogP contribution in [0.4, 0.5) is 5.69 Å². The van der Waals surface area contributed by atoms with Gasteiger partial charge in [-0.15, -0.1) is 0 Å². The molecule has 4 nitrogen and oxygen atoms in total. The third kappa shape index (κ3) is 5.25. The summed E-state index contributed by atoms with van der Waals surface area (Å²) in [6.45, 7) is 2.38. The lowest BCUT2D eigenvalue weighted by molar-refractivity contribution is -0.117. The topological polar surface area (TPSA) is 58.2 Å². The highest BCUT2D eigenvalue weighted by molar-refractivity contribution is 6.03. The van der Waals surface area contributed by atoms with Crippen LogP contribution in [0.5, 0.6) is 0 Å². The van der Waals surface area contributed by atoms with Gasteiger partial charge in [-0.05, 0) is 30.2 Å². The minimum Gasteiger partial charge on any atom is -0.348 e. The molecule has 0 fully saturated rings. The molecule has 0 saturated carbocycles. The molecule has 22 heavy (non-hydrogen) atoms. The van der Waals surface area contributed by atoms with Crippen LogP contribution >= 0.6 is 0 Å². The van der Waals surface area contributed by atoms with Crippen molar-refractivity contribution in [1.82, 2.24) is 5.32 Å². The van der Waals surface area contributed by atoms with Crippen LogP contribution in [0.1, 0.15) is 11.1 Å². The number of anilines is 1. The van der Waals surface area contributed by atoms with Gasteiger partial charge in [0, 0.05) is 24.4 Å². The van der Waals surface area contributed by atoms with Crippen molar-refractivity contribution in [2.75, 3.05) is 5.32 Å². The number of benzene rings is 2. The van der Waals surface area contributed by atoms with Gasteiger partial charge in [-0.2, -0.15) is 0 Å². The molecule has 0 aliphatic rings. The Balaban J connectivity index is 1.80. The Labute approximate surface area is 129 Å². The zero-order valence-corrected chi connectivity index (χ0v) is 12.4. The Bertz CT molecular complexity index is 678. The Hall–Kier alpha value is -2.88. The molecule has 0 atom stereocenters. The van der Waals surface area contributed by atoms with Crippen molar-refractivity contribution in [3.05, 3.63) is 77.9 Å². The van der Waals surface area contributed by atoms with Gasteiger partial charge in [0.15, 0.2) is 0 Å². The molecule has 0 aliphatic heterocycles. The quantitative estimate of drug-likeness (QED) is 0.833. The first-order valence-corrected chi connectivity index (χ1v) is 7.01. The highest BCUT2D eigenvalue weighted by Crippen LogP contribution is 2.09. The molecule has 0 radical (unpaired) electrons. The van der Waals surface area contributed by atoms with Gasteiger partial charge in [-0.1, -0.05) is 42.5 Å². The third-order valence-electron chi connectivity index (χ3n) is 2.98. The van der Waals surface area contributed by atoms with E-state index in [0.29, 0.717) is 12.2 Å². The summed E-state index contributed by atoms with van der Waals surface area (Å²) in [5.41, 5.74) is 2.77. The van der Waals surface area contributed by atoms with E-state index in [4.69, 9.17) is 0 Å². The molecular formula is C18H18N2O2. The van der Waals surface area contributed by atoms with Gasteiger partial charge in [-0.25, -0.2) is 0 Å². The molecule has 2 N–H and O–H groups in total. The molecular weight excluding hydrogens is 276 g/mol. The van der Waals surface area contributed by atoms with Crippen molar-refractivity contribution in [1.29, 1.82) is 0 Å². The van der Waals surface area contributed by atoms with E-state index in [-0.39, 0.29) is 11.8 Å². The van der Waals surface area contributed by atoms with Crippen molar-refractivity contribution in [2.24, 2.45) is 0 Å². The molecule has 112 valence electrons. The van der Waals surface area contributed by atoms with Crippen molar-refractivity contribution in [3.63, 3.8) is 0 Å². The van der Waals surface area contributed by atoms with Crippen LogP contribution < -0.4 is 10.6 Å². The normalized spacial score (nSPS) is 10.4. The van der Waals surface area contributed by atoms with Crippen LogP contribution in [0, 0.1) is 6.92 Å². The molecule has 2 aromatic carbocycles. The largest absolute Gasteiger partial charge is 0.348 e. The predicted molar refractivity (Wildman–Crippen MR) is 87.2 cm³/mol. The number of hydrogen-bond donors (Lipinski definition) is 2. The fourth-order valence-electron chi connectivity index (χ4n) is 1.90. The zero-order valence-electron chi connectivity index (χ0n) is 12.4. The summed E-state index contributed by atoms with van der Waals surface area (Å²) in [5, 5.41) is 5.43. The van der Waals surface area contributed by atoms with E-state index in [0.717, 1.165) is 11.1 Å². The molecule has 0 aliphatic carbocycles. The van der Waals surface area contributed by atoms with Crippen LogP contribution in [0.25, 0.3) is 0 Å². The minimum atomic E-state index is -0.333. The lowest BCUT2D eigenvalue weighted by Crippen LogP contribution is -2.21. The summed E-state index contributed by atoms with van der Waals surface area (Å²) in [6, 6.07) is 17.1. The zero-order chi connectivity index (χ0) is 15.8. The molecule has 0 bridgehead atoms. The Morgan fingerprint density at radius 2 is 1.68 bits per heavy atom. The summed E-state index contributed by atoms with van der Waals surface area (Å²) >= 11 is 0. The molecule has 2 rings (SSSR count). The maximum Gasteiger partial charge on any atom is 0.248 e. The van der Waals surface area contributed by atoms with E-state index in [2.05, 4.69) is 10.6 Å². The predicted octanol–water partition coefficient (Wildman–Crippen LogP) is 2.81. The van der Waals surface area contributed by atoms with E-state index in [1.165, 1.54) is 12.2 Å². The molecule has 0 saturated heterocycles. The van der Waals surface area contributed by atoms with Crippen LogP contribution in [0.15, 0.2) is 66.7 Å². The summed E-state index contributed by atoms with van der Waals surface area (Å²) in [5.74, 6) is -0.635. The molecule has 0 spiro atoms. The lowest BCUT2D eigenvalue weighted by Gasteiger charge is -2.03. The maximum absolute atomic E-state index is 11.7. The summed E-state index contributed by atoms with van der Waals surface area (Å²) in [4.78, 5) is 23.4. The first-order valence-electron chi connectivity index (χ1n) is 7.01. The Kier molecular flexibility index (Phi) is 5.49. The molecule has 0 heterocycles. The molecule has 2 aromatic rings. The second-order valence-corrected chi connectivity index (χ2v) is 4.90. The van der Waals surface area contributed by atoms with Crippen molar-refractivity contribution in [3.8, 4) is 0 Å². The Morgan fingerprint density at radius 1 is 0.955 bits per heavy atom. The van der Waals surface area contributed by atoms with Crippen molar-refractivity contribution in [2.45, 2.75) is 13.5 Å². The van der Waals surface area contributed by atoms with Gasteiger partial charge in [0.2, 0.25) is 11.8 Å². The van der Waals surface area contributed by atoms with E-state index in [1.54, 1.807) is 6.07 Å². The molecule has 0 aromatic heterocycles. The van der Waals surface area contributed by atoms with Gasteiger partial charge >= 0.3 is 0 Å². The fraction of sp³-hybridized carbons (Fsp3) is 0.111. The second kappa shape index (κ2) is 7.78. The number of nitrogens with one attached hydrogen (secondary N) is 2. The molecule has 4 heteroatoms. The summed E-state index contributed by atoms with van der Waals surface area (Å²) in [6.07, 6.45) is 2.46. The smallest absolute Gasteiger partial charge is 0.248 e. The minimum absolute atomic E-state index is 0.303. The number of amides is 2. The van der Waals surface area contributed by atoms with Gasteiger partial charge in [0.05, 0.1) is 0 Å². The van der Waals surface area contributed by atoms with Crippen LogP contribution in [0.2, 0.25) is 0 Å². The van der Waals surface area contributed by atoms with Gasteiger partial charge in [-0.3, -0.25) is 9.59 Å². The monoisotopic (exact) mass is 294 g/mol. The van der Waals surface area contributed by atoms with E-state index in [9.17, 15) is 9.59 Å². The number of aryl methyl sites for hydroxylation is 1. The number of hydrogen-bond acceptors (Lipinski definition) is 2. The first-order chi connectivity index (χ1) is 10.6. The standard InChI is InChI=1S/C18H18N2O2/c1-14-6-5-9-16(12-14)20-18(22)11-10-17(21)19-13-15-7-3-2-4-8-15/h2-12H,13H2,1H3,(H,19,21)(H,20,22)/b11-10-. The Morgan fingerprint density at radius 3 is 2.41 bits per heavy atom.